The number of esters is 2. The van der Waals surface area contributed by atoms with Crippen molar-refractivity contribution in [2.75, 3.05) is 13.7 Å². The highest BCUT2D eigenvalue weighted by Gasteiger charge is 2.44. The second-order valence-electron chi connectivity index (χ2n) is 10.7. The van der Waals surface area contributed by atoms with Gasteiger partial charge in [0.05, 0.1) is 31.3 Å². The molecule has 2 heterocycles. The lowest BCUT2D eigenvalue weighted by atomic mass is 10.0. The largest absolute Gasteiger partial charge is 0.497 e. The van der Waals surface area contributed by atoms with Crippen LogP contribution in [-0.4, -0.2) is 83.6 Å². The molecule has 2 N–H and O–H groups in total. The fourth-order valence-corrected chi connectivity index (χ4v) is 4.33. The van der Waals surface area contributed by atoms with Gasteiger partial charge in [-0.05, 0) is 58.9 Å². The van der Waals surface area contributed by atoms with Gasteiger partial charge >= 0.3 is 18.0 Å². The quantitative estimate of drug-likeness (QED) is 0.287. The lowest BCUT2D eigenvalue weighted by Crippen LogP contribution is -2.48. The van der Waals surface area contributed by atoms with E-state index in [2.05, 4.69) is 5.32 Å². The molecule has 0 unspecified atom stereocenters. The topological polar surface area (TPSA) is 141 Å². The Hall–Kier alpha value is -3.86. The lowest BCUT2D eigenvalue weighted by Gasteiger charge is -2.31. The summed E-state index contributed by atoms with van der Waals surface area (Å²) in [5, 5.41) is 13.2. The maximum Gasteiger partial charge on any atom is 0.408 e. The third-order valence-corrected chi connectivity index (χ3v) is 6.01. The minimum atomic E-state index is -1.72. The molecule has 1 aromatic carbocycles. The van der Waals surface area contributed by atoms with E-state index >= 15 is 0 Å². The zero-order valence-electron chi connectivity index (χ0n) is 23.0. The minimum Gasteiger partial charge on any atom is -0.497 e. The van der Waals surface area contributed by atoms with E-state index in [9.17, 15) is 24.3 Å². The molecule has 0 bridgehead atoms. The molecule has 2 amide bonds. The first-order chi connectivity index (χ1) is 18.3. The van der Waals surface area contributed by atoms with E-state index in [1.165, 1.54) is 30.2 Å². The third kappa shape index (κ3) is 8.06. The van der Waals surface area contributed by atoms with Gasteiger partial charge in [-0.3, -0.25) is 4.79 Å². The summed E-state index contributed by atoms with van der Waals surface area (Å²) in [5.74, 6) is -1.36. The lowest BCUT2D eigenvalue weighted by molar-refractivity contribution is -0.159. The van der Waals surface area contributed by atoms with Crippen molar-refractivity contribution in [2.45, 2.75) is 77.0 Å². The first-order valence-corrected chi connectivity index (χ1v) is 12.6. The monoisotopic (exact) mass is 544 g/mol. The van der Waals surface area contributed by atoms with Crippen molar-refractivity contribution in [3.05, 3.63) is 53.6 Å². The Morgan fingerprint density at radius 1 is 1.18 bits per heavy atom. The number of hydrogen-bond acceptors (Lipinski definition) is 9. The number of allylic oxidation sites excluding steroid dienone is 1. The molecule has 3 rings (SSSR count). The molecule has 1 fully saturated rings. The van der Waals surface area contributed by atoms with Crippen molar-refractivity contribution in [2.24, 2.45) is 0 Å². The van der Waals surface area contributed by atoms with Crippen LogP contribution in [0, 0.1) is 0 Å². The number of methoxy groups -OCH3 is 1. The van der Waals surface area contributed by atoms with Crippen molar-refractivity contribution in [3.63, 3.8) is 0 Å². The summed E-state index contributed by atoms with van der Waals surface area (Å²) in [7, 11) is 1.49. The Kier molecular flexibility index (Phi) is 9.39. The number of rotatable bonds is 8. The van der Waals surface area contributed by atoms with Crippen molar-refractivity contribution in [1.82, 2.24) is 10.2 Å². The number of ether oxygens (including phenoxy) is 4. The van der Waals surface area contributed by atoms with Crippen molar-refractivity contribution in [1.29, 1.82) is 0 Å². The Morgan fingerprint density at radius 3 is 2.54 bits per heavy atom. The Labute approximate surface area is 227 Å². The second kappa shape index (κ2) is 12.3. The van der Waals surface area contributed by atoms with Gasteiger partial charge in [-0.25, -0.2) is 14.4 Å². The highest BCUT2D eigenvalue weighted by Crippen LogP contribution is 2.29. The van der Waals surface area contributed by atoms with E-state index in [0.29, 0.717) is 5.75 Å². The number of amides is 2. The van der Waals surface area contributed by atoms with Crippen LogP contribution < -0.4 is 10.1 Å². The maximum absolute atomic E-state index is 12.9. The molecule has 39 heavy (non-hydrogen) atoms. The van der Waals surface area contributed by atoms with Gasteiger partial charge < -0.3 is 34.3 Å². The van der Waals surface area contributed by atoms with E-state index in [-0.39, 0.29) is 24.4 Å². The van der Waals surface area contributed by atoms with Crippen LogP contribution in [0.1, 0.15) is 51.4 Å². The first-order valence-electron chi connectivity index (χ1n) is 12.6. The molecular formula is C28H36N2O9. The van der Waals surface area contributed by atoms with Gasteiger partial charge in [0.25, 0.3) is 0 Å². The predicted octanol–water partition coefficient (Wildman–Crippen LogP) is 2.52. The zero-order chi connectivity index (χ0) is 28.9. The fourth-order valence-electron chi connectivity index (χ4n) is 4.33. The van der Waals surface area contributed by atoms with Crippen LogP contribution in [0.5, 0.6) is 5.75 Å². The maximum atomic E-state index is 12.9. The van der Waals surface area contributed by atoms with Crippen LogP contribution in [0.4, 0.5) is 4.79 Å². The van der Waals surface area contributed by atoms with Crippen molar-refractivity contribution in [3.8, 4) is 5.75 Å². The average Bonchev–Trinajstić information content (AvgIpc) is 3.28. The number of nitrogens with zero attached hydrogens (tertiary/aromatic N) is 1. The summed E-state index contributed by atoms with van der Waals surface area (Å²) in [6.07, 6.45) is 0.500. The first kappa shape index (κ1) is 29.7. The van der Waals surface area contributed by atoms with Gasteiger partial charge in [-0.1, -0.05) is 17.7 Å². The Bertz CT molecular complexity index is 1150. The van der Waals surface area contributed by atoms with Gasteiger partial charge in [0, 0.05) is 12.5 Å². The van der Waals surface area contributed by atoms with E-state index in [1.807, 2.05) is 0 Å². The average molecular weight is 545 g/mol. The van der Waals surface area contributed by atoms with Crippen molar-refractivity contribution >= 4 is 23.9 Å². The van der Waals surface area contributed by atoms with Gasteiger partial charge in [-0.15, -0.1) is 0 Å². The molecule has 2 aliphatic rings. The van der Waals surface area contributed by atoms with Gasteiger partial charge in [0.1, 0.15) is 23.6 Å². The number of carbonyl (C=O) groups is 4. The summed E-state index contributed by atoms with van der Waals surface area (Å²) < 4.78 is 21.6. The third-order valence-electron chi connectivity index (χ3n) is 6.01. The molecule has 0 aliphatic carbocycles. The summed E-state index contributed by atoms with van der Waals surface area (Å²) in [6.45, 7) is 8.65. The fraction of sp³-hybridized carbons (Fsp3) is 0.500. The number of alkyl carbamates (subject to hydrolysis) is 1. The highest BCUT2D eigenvalue weighted by atomic mass is 16.6. The number of carbonyl (C=O) groups excluding carboxylic acids is 4. The number of nitrogens with one attached hydrogen (secondary N) is 1. The minimum absolute atomic E-state index is 0.0618. The molecule has 11 heteroatoms. The van der Waals surface area contributed by atoms with Crippen molar-refractivity contribution < 1.29 is 43.2 Å². The molecule has 0 saturated carbocycles. The number of benzene rings is 1. The number of hydrogen-bond donors (Lipinski definition) is 2. The zero-order valence-corrected chi connectivity index (χ0v) is 23.0. The van der Waals surface area contributed by atoms with Gasteiger partial charge in [0.2, 0.25) is 5.91 Å². The predicted molar refractivity (Wildman–Crippen MR) is 140 cm³/mol. The highest BCUT2D eigenvalue weighted by molar-refractivity contribution is 5.92. The van der Waals surface area contributed by atoms with E-state index in [4.69, 9.17) is 18.9 Å². The molecule has 1 aromatic rings. The van der Waals surface area contributed by atoms with Gasteiger partial charge in [0.15, 0.2) is 6.10 Å². The second-order valence-corrected chi connectivity index (χ2v) is 10.7. The molecule has 11 nitrogen and oxygen atoms in total. The van der Waals surface area contributed by atoms with E-state index in [1.54, 1.807) is 58.9 Å². The summed E-state index contributed by atoms with van der Waals surface area (Å²) in [4.78, 5) is 51.9. The molecule has 0 spiro atoms. The summed E-state index contributed by atoms with van der Waals surface area (Å²) in [6, 6.07) is 4.86. The standard InChI is InChI=1S/C28H36N2O9/c1-16(2)12-20(29-27(35)39-28(3,4)5)24(32)26(34)37-19-14-21-22(10-11-23(31)30(21)15-19)38-25(33)17-8-7-9-18(13-17)36-6/h7-13,19-22,24,32H,14-15H2,1-6H3,(H,29,35)/t19-,20-,21+,22-,24+/m0/s1. The summed E-state index contributed by atoms with van der Waals surface area (Å²) >= 11 is 0. The molecule has 1 saturated heterocycles. The van der Waals surface area contributed by atoms with Crippen LogP contribution in [0.2, 0.25) is 0 Å². The molecule has 0 aromatic heterocycles. The Morgan fingerprint density at radius 2 is 1.90 bits per heavy atom. The number of aliphatic hydroxyl groups excluding tert-OH is 1. The van der Waals surface area contributed by atoms with E-state index < -0.39 is 54.0 Å². The Balaban J connectivity index is 1.66. The SMILES string of the molecule is COc1cccc(C(=O)O[C@H]2C=CC(=O)N3C[C@@H](OC(=O)[C@H](O)[C@H](C=C(C)C)NC(=O)OC(C)(C)C)C[C@H]23)c1. The van der Waals surface area contributed by atoms with E-state index in [0.717, 1.165) is 5.57 Å². The van der Waals surface area contributed by atoms with Gasteiger partial charge in [-0.2, -0.15) is 0 Å². The number of fused-ring (bicyclic) bond motifs is 1. The normalized spacial score (nSPS) is 21.8. The summed E-state index contributed by atoms with van der Waals surface area (Å²) in [5.41, 5.74) is 0.267. The van der Waals surface area contributed by atoms with Crippen LogP contribution in [0.15, 0.2) is 48.1 Å². The molecule has 212 valence electrons. The molecule has 2 aliphatic heterocycles. The smallest absolute Gasteiger partial charge is 0.408 e. The van der Waals surface area contributed by atoms with Crippen LogP contribution in [-0.2, 0) is 23.8 Å². The number of aliphatic hydroxyl groups is 1. The molecule has 0 radical (unpaired) electrons. The molecular weight excluding hydrogens is 508 g/mol. The van der Waals surface area contributed by atoms with Crippen LogP contribution >= 0.6 is 0 Å². The van der Waals surface area contributed by atoms with Crippen LogP contribution in [0.25, 0.3) is 0 Å². The molecule has 5 atom stereocenters. The van der Waals surface area contributed by atoms with Crippen LogP contribution in [0.3, 0.4) is 0 Å².